The lowest BCUT2D eigenvalue weighted by molar-refractivity contribution is 0.0544. The van der Waals surface area contributed by atoms with Gasteiger partial charge in [-0.15, -0.1) is 0 Å². The van der Waals surface area contributed by atoms with Crippen molar-refractivity contribution in [2.75, 3.05) is 0 Å². The zero-order chi connectivity index (χ0) is 15.0. The Labute approximate surface area is 122 Å². The molecule has 3 rings (SSSR count). The van der Waals surface area contributed by atoms with Crippen molar-refractivity contribution in [3.63, 3.8) is 0 Å². The summed E-state index contributed by atoms with van der Waals surface area (Å²) in [6, 6.07) is 11.4. The summed E-state index contributed by atoms with van der Waals surface area (Å²) in [7, 11) is 0. The molecule has 0 atom stereocenters. The number of carbonyl (C=O) groups is 1. The van der Waals surface area contributed by atoms with Crippen molar-refractivity contribution in [2.24, 2.45) is 0 Å². The lowest BCUT2D eigenvalue weighted by atomic mass is 10.1. The molecule has 4 heteroatoms. The van der Waals surface area contributed by atoms with E-state index in [0.717, 1.165) is 22.2 Å². The lowest BCUT2D eigenvalue weighted by Gasteiger charge is -2.19. The summed E-state index contributed by atoms with van der Waals surface area (Å²) in [6.07, 6.45) is 2.98. The van der Waals surface area contributed by atoms with E-state index in [0.29, 0.717) is 0 Å². The van der Waals surface area contributed by atoms with E-state index < -0.39 is 5.60 Å². The van der Waals surface area contributed by atoms with E-state index in [1.54, 1.807) is 12.5 Å². The molecule has 0 aliphatic heterocycles. The number of hydrogen-bond acceptors (Lipinski definition) is 3. The highest BCUT2D eigenvalue weighted by atomic mass is 16.6. The highest BCUT2D eigenvalue weighted by Gasteiger charge is 2.19. The molecular formula is C17H17NO3. The summed E-state index contributed by atoms with van der Waals surface area (Å²) in [5.41, 5.74) is 1.24. The van der Waals surface area contributed by atoms with E-state index in [4.69, 9.17) is 9.15 Å². The van der Waals surface area contributed by atoms with Crippen LogP contribution in [0.5, 0.6) is 0 Å². The predicted octanol–water partition coefficient (Wildman–Crippen LogP) is 4.68. The van der Waals surface area contributed by atoms with Crippen LogP contribution in [0.25, 0.3) is 22.2 Å². The maximum Gasteiger partial charge on any atom is 0.418 e. The van der Waals surface area contributed by atoms with Crippen molar-refractivity contribution in [2.45, 2.75) is 26.4 Å². The van der Waals surface area contributed by atoms with Gasteiger partial charge in [-0.1, -0.05) is 12.1 Å². The number of benzene rings is 1. The second kappa shape index (κ2) is 4.81. The summed E-state index contributed by atoms with van der Waals surface area (Å²) in [5, 5.41) is 0.957. The number of ether oxygens (including phenoxy) is 1. The van der Waals surface area contributed by atoms with Crippen molar-refractivity contribution in [1.29, 1.82) is 0 Å². The summed E-state index contributed by atoms with van der Waals surface area (Å²) >= 11 is 0. The van der Waals surface area contributed by atoms with Gasteiger partial charge in [-0.25, -0.2) is 4.79 Å². The summed E-state index contributed by atoms with van der Waals surface area (Å²) in [4.78, 5) is 12.3. The van der Waals surface area contributed by atoms with Crippen LogP contribution in [0.1, 0.15) is 20.8 Å². The van der Waals surface area contributed by atoms with Crippen molar-refractivity contribution in [1.82, 2.24) is 4.57 Å². The second-order valence-electron chi connectivity index (χ2n) is 5.88. The van der Waals surface area contributed by atoms with Crippen LogP contribution in [-0.2, 0) is 4.74 Å². The first kappa shape index (κ1) is 13.5. The number of hydrogen-bond donors (Lipinski definition) is 0. The van der Waals surface area contributed by atoms with Crippen molar-refractivity contribution in [3.8, 4) is 11.3 Å². The molecule has 0 amide bonds. The highest BCUT2D eigenvalue weighted by molar-refractivity contribution is 5.98. The maximum atomic E-state index is 12.3. The highest BCUT2D eigenvalue weighted by Crippen LogP contribution is 2.30. The van der Waals surface area contributed by atoms with Gasteiger partial charge >= 0.3 is 6.09 Å². The van der Waals surface area contributed by atoms with E-state index in [1.807, 2.05) is 57.2 Å². The fraction of sp³-hybridized carbons (Fsp3) is 0.235. The minimum Gasteiger partial charge on any atom is -0.464 e. The van der Waals surface area contributed by atoms with Crippen LogP contribution >= 0.6 is 0 Å². The van der Waals surface area contributed by atoms with Crippen molar-refractivity contribution < 1.29 is 13.9 Å². The third-order valence-electron chi connectivity index (χ3n) is 3.11. The SMILES string of the molecule is CC(C)(C)OC(=O)n1ccc2c(-c3ccco3)cccc21. The molecule has 21 heavy (non-hydrogen) atoms. The van der Waals surface area contributed by atoms with Gasteiger partial charge in [-0.2, -0.15) is 0 Å². The molecule has 2 aromatic heterocycles. The first-order chi connectivity index (χ1) is 9.96. The van der Waals surface area contributed by atoms with Gasteiger partial charge in [0.1, 0.15) is 11.4 Å². The number of carbonyl (C=O) groups excluding carboxylic acids is 1. The van der Waals surface area contributed by atoms with Crippen LogP contribution in [0, 0.1) is 0 Å². The largest absolute Gasteiger partial charge is 0.464 e. The van der Waals surface area contributed by atoms with Gasteiger partial charge in [0.2, 0.25) is 0 Å². The molecule has 0 N–H and O–H groups in total. The lowest BCUT2D eigenvalue weighted by Crippen LogP contribution is -2.26. The number of furan rings is 1. The molecule has 1 aromatic carbocycles. The second-order valence-corrected chi connectivity index (χ2v) is 5.88. The Hall–Kier alpha value is -2.49. The van der Waals surface area contributed by atoms with Crippen LogP contribution in [0.4, 0.5) is 4.79 Å². The predicted molar refractivity (Wildman–Crippen MR) is 81.3 cm³/mol. The van der Waals surface area contributed by atoms with Gasteiger partial charge in [0.25, 0.3) is 0 Å². The zero-order valence-corrected chi connectivity index (χ0v) is 12.3. The molecule has 0 saturated carbocycles. The molecule has 3 aromatic rings. The van der Waals surface area contributed by atoms with Crippen LogP contribution < -0.4 is 0 Å². The first-order valence-electron chi connectivity index (χ1n) is 6.83. The molecule has 0 bridgehead atoms. The third kappa shape index (κ3) is 2.57. The van der Waals surface area contributed by atoms with Gasteiger partial charge in [0.15, 0.2) is 0 Å². The topological polar surface area (TPSA) is 44.4 Å². The quantitative estimate of drug-likeness (QED) is 0.651. The summed E-state index contributed by atoms with van der Waals surface area (Å²) in [5.74, 6) is 0.780. The van der Waals surface area contributed by atoms with Crippen molar-refractivity contribution in [3.05, 3.63) is 48.9 Å². The van der Waals surface area contributed by atoms with E-state index in [9.17, 15) is 4.79 Å². The Balaban J connectivity index is 2.08. The zero-order valence-electron chi connectivity index (χ0n) is 12.3. The third-order valence-corrected chi connectivity index (χ3v) is 3.11. The minimum atomic E-state index is -0.522. The molecule has 0 saturated heterocycles. The van der Waals surface area contributed by atoms with Gasteiger partial charge < -0.3 is 9.15 Å². The van der Waals surface area contributed by atoms with Gasteiger partial charge in [-0.3, -0.25) is 4.57 Å². The van der Waals surface area contributed by atoms with E-state index in [-0.39, 0.29) is 6.09 Å². The standard InChI is InChI=1S/C17H17NO3/c1-17(2,3)21-16(19)18-10-9-12-13(6-4-7-14(12)18)15-8-5-11-20-15/h4-11H,1-3H3. The Kier molecular flexibility index (Phi) is 3.09. The average molecular weight is 283 g/mol. The van der Waals surface area contributed by atoms with Crippen LogP contribution in [0.2, 0.25) is 0 Å². The Morgan fingerprint density at radius 1 is 1.14 bits per heavy atom. The van der Waals surface area contributed by atoms with Crippen LogP contribution in [0.15, 0.2) is 53.3 Å². The Bertz CT molecular complexity index is 776. The molecule has 0 aliphatic rings. The van der Waals surface area contributed by atoms with E-state index >= 15 is 0 Å². The fourth-order valence-electron chi connectivity index (χ4n) is 2.28. The first-order valence-corrected chi connectivity index (χ1v) is 6.83. The molecule has 4 nitrogen and oxygen atoms in total. The molecule has 0 spiro atoms. The minimum absolute atomic E-state index is 0.380. The van der Waals surface area contributed by atoms with Gasteiger partial charge in [0, 0.05) is 17.1 Å². The Morgan fingerprint density at radius 2 is 1.95 bits per heavy atom. The maximum absolute atomic E-state index is 12.3. The molecule has 0 radical (unpaired) electrons. The normalized spacial score (nSPS) is 11.8. The number of fused-ring (bicyclic) bond motifs is 1. The molecule has 0 aliphatic carbocycles. The van der Waals surface area contributed by atoms with Gasteiger partial charge in [-0.05, 0) is 45.0 Å². The molecule has 0 unspecified atom stereocenters. The van der Waals surface area contributed by atoms with Crippen LogP contribution in [0.3, 0.4) is 0 Å². The summed E-state index contributed by atoms with van der Waals surface area (Å²) in [6.45, 7) is 5.56. The molecule has 108 valence electrons. The number of aromatic nitrogens is 1. The average Bonchev–Trinajstić information content (AvgIpc) is 3.05. The van der Waals surface area contributed by atoms with E-state index in [2.05, 4.69) is 0 Å². The van der Waals surface area contributed by atoms with Crippen molar-refractivity contribution >= 4 is 17.0 Å². The fourth-order valence-corrected chi connectivity index (χ4v) is 2.28. The Morgan fingerprint density at radius 3 is 2.62 bits per heavy atom. The summed E-state index contributed by atoms with van der Waals surface area (Å²) < 4.78 is 12.4. The molecule has 0 fully saturated rings. The molecular weight excluding hydrogens is 266 g/mol. The smallest absolute Gasteiger partial charge is 0.418 e. The number of rotatable bonds is 1. The van der Waals surface area contributed by atoms with Gasteiger partial charge in [0.05, 0.1) is 11.8 Å². The van der Waals surface area contributed by atoms with E-state index in [1.165, 1.54) is 4.57 Å². The monoisotopic (exact) mass is 283 g/mol. The molecule has 2 heterocycles. The number of nitrogens with zero attached hydrogens (tertiary/aromatic N) is 1. The van der Waals surface area contributed by atoms with Crippen LogP contribution in [-0.4, -0.2) is 16.3 Å².